The highest BCUT2D eigenvalue weighted by Gasteiger charge is 1.94. The number of allylic oxidation sites excluding steroid dienone is 5. The number of nitrogens with zero attached hydrogens (tertiary/aromatic N) is 1. The first-order chi connectivity index (χ1) is 7.09. The monoisotopic (exact) mass is 311 g/mol. The molecular formula is C13H14IN. The summed E-state index contributed by atoms with van der Waals surface area (Å²) in [6, 6.07) is 4.01. The number of hydrogen-bond donors (Lipinski definition) is 0. The summed E-state index contributed by atoms with van der Waals surface area (Å²) in [5.74, 6) is 0. The second-order valence-electron chi connectivity index (χ2n) is 3.40. The molecule has 0 amide bonds. The van der Waals surface area contributed by atoms with Crippen molar-refractivity contribution in [3.63, 3.8) is 0 Å². The molecule has 1 nitrogen and oxygen atoms in total. The molecule has 0 aliphatic carbocycles. The summed E-state index contributed by atoms with van der Waals surface area (Å²) in [6.07, 6.45) is 7.85. The van der Waals surface area contributed by atoms with Crippen LogP contribution in [0, 0.1) is 0 Å². The van der Waals surface area contributed by atoms with E-state index in [2.05, 4.69) is 66.2 Å². The molecule has 15 heavy (non-hydrogen) atoms. The van der Waals surface area contributed by atoms with E-state index in [1.54, 1.807) is 6.20 Å². The van der Waals surface area contributed by atoms with E-state index < -0.39 is 0 Å². The minimum atomic E-state index is 1.04. The molecule has 0 saturated carbocycles. The summed E-state index contributed by atoms with van der Waals surface area (Å²) in [7, 11) is 0. The normalized spacial score (nSPS) is 12.7. The van der Waals surface area contributed by atoms with Crippen LogP contribution >= 0.6 is 22.6 Å². The molecule has 0 aliphatic rings. The zero-order valence-corrected chi connectivity index (χ0v) is 11.2. The van der Waals surface area contributed by atoms with E-state index in [-0.39, 0.29) is 0 Å². The van der Waals surface area contributed by atoms with Gasteiger partial charge in [-0.3, -0.25) is 4.98 Å². The lowest BCUT2D eigenvalue weighted by Gasteiger charge is -2.00. The van der Waals surface area contributed by atoms with Crippen molar-refractivity contribution in [3.05, 3.63) is 58.0 Å². The number of hydrogen-bond acceptors (Lipinski definition) is 1. The van der Waals surface area contributed by atoms with Crippen LogP contribution in [0.3, 0.4) is 0 Å². The quantitative estimate of drug-likeness (QED) is 0.596. The van der Waals surface area contributed by atoms with Gasteiger partial charge in [0.1, 0.15) is 0 Å². The number of rotatable bonds is 3. The van der Waals surface area contributed by atoms with Crippen molar-refractivity contribution in [2.75, 3.05) is 0 Å². The first kappa shape index (κ1) is 12.2. The first-order valence-electron chi connectivity index (χ1n) is 4.71. The highest BCUT2D eigenvalue weighted by Crippen LogP contribution is 2.16. The van der Waals surface area contributed by atoms with Crippen molar-refractivity contribution < 1.29 is 0 Å². The molecule has 0 N–H and O–H groups in total. The van der Waals surface area contributed by atoms with Gasteiger partial charge in [0.25, 0.3) is 0 Å². The Labute approximate surface area is 105 Å². The molecule has 0 aliphatic heterocycles. The van der Waals surface area contributed by atoms with Gasteiger partial charge in [-0.25, -0.2) is 0 Å². The second-order valence-corrected chi connectivity index (χ2v) is 4.79. The molecule has 1 aromatic heterocycles. The van der Waals surface area contributed by atoms with Gasteiger partial charge >= 0.3 is 0 Å². The van der Waals surface area contributed by atoms with E-state index in [1.165, 1.54) is 11.1 Å². The van der Waals surface area contributed by atoms with Gasteiger partial charge in [0, 0.05) is 16.0 Å². The van der Waals surface area contributed by atoms with Crippen molar-refractivity contribution in [2.24, 2.45) is 0 Å². The van der Waals surface area contributed by atoms with Crippen LogP contribution in [0.15, 0.2) is 52.4 Å². The van der Waals surface area contributed by atoms with Crippen molar-refractivity contribution in [2.45, 2.75) is 13.8 Å². The van der Waals surface area contributed by atoms with Crippen LogP contribution < -0.4 is 0 Å². The van der Waals surface area contributed by atoms with Gasteiger partial charge in [-0.2, -0.15) is 0 Å². The third kappa shape index (κ3) is 4.42. The molecule has 2 heteroatoms. The third-order valence-corrected chi connectivity index (χ3v) is 2.26. The molecule has 0 atom stereocenters. The number of halogens is 1. The van der Waals surface area contributed by atoms with Gasteiger partial charge < -0.3 is 0 Å². The van der Waals surface area contributed by atoms with Crippen molar-refractivity contribution in [1.29, 1.82) is 0 Å². The molecule has 1 aromatic rings. The Morgan fingerprint density at radius 1 is 1.40 bits per heavy atom. The van der Waals surface area contributed by atoms with Crippen LogP contribution in [-0.2, 0) is 0 Å². The Morgan fingerprint density at radius 2 is 2.13 bits per heavy atom. The third-order valence-electron chi connectivity index (χ3n) is 1.95. The fraction of sp³-hybridized carbons (Fsp3) is 0.154. The zero-order chi connectivity index (χ0) is 11.3. The van der Waals surface area contributed by atoms with E-state index in [1.807, 2.05) is 12.3 Å². The van der Waals surface area contributed by atoms with Crippen LogP contribution in [0.2, 0.25) is 0 Å². The molecular weight excluding hydrogens is 297 g/mol. The lowest BCUT2D eigenvalue weighted by Crippen LogP contribution is -1.81. The molecule has 0 unspecified atom stereocenters. The molecule has 1 heterocycles. The molecule has 78 valence electrons. The van der Waals surface area contributed by atoms with Gasteiger partial charge in [0.05, 0.1) is 0 Å². The zero-order valence-electron chi connectivity index (χ0n) is 9.00. The van der Waals surface area contributed by atoms with Gasteiger partial charge in [-0.15, -0.1) is 0 Å². The number of aromatic nitrogens is 1. The summed E-state index contributed by atoms with van der Waals surface area (Å²) < 4.78 is 1.04. The SMILES string of the molecule is C=C(I)/C=C(C)/C=C(\C)c1cccnc1. The molecule has 0 saturated heterocycles. The maximum absolute atomic E-state index is 4.09. The number of pyridine rings is 1. The maximum atomic E-state index is 4.09. The Kier molecular flexibility index (Phi) is 4.75. The summed E-state index contributed by atoms with van der Waals surface area (Å²) >= 11 is 2.21. The minimum Gasteiger partial charge on any atom is -0.264 e. The predicted octanol–water partition coefficient (Wildman–Crippen LogP) is 4.38. The molecule has 0 fully saturated rings. The maximum Gasteiger partial charge on any atom is 0.0342 e. The largest absolute Gasteiger partial charge is 0.264 e. The molecule has 0 radical (unpaired) electrons. The second kappa shape index (κ2) is 5.85. The summed E-state index contributed by atoms with van der Waals surface area (Å²) in [5.41, 5.74) is 3.58. The van der Waals surface area contributed by atoms with Gasteiger partial charge in [0.2, 0.25) is 0 Å². The Bertz CT molecular complexity index is 402. The predicted molar refractivity (Wildman–Crippen MR) is 74.8 cm³/mol. The van der Waals surface area contributed by atoms with Gasteiger partial charge in [-0.1, -0.05) is 18.7 Å². The lowest BCUT2D eigenvalue weighted by molar-refractivity contribution is 1.30. The average Bonchev–Trinajstić information content (AvgIpc) is 2.17. The van der Waals surface area contributed by atoms with Gasteiger partial charge in [-0.05, 0) is 65.3 Å². The van der Waals surface area contributed by atoms with Crippen LogP contribution in [0.25, 0.3) is 5.57 Å². The molecule has 0 aromatic carbocycles. The summed E-state index contributed by atoms with van der Waals surface area (Å²) in [5, 5.41) is 0. The Hall–Kier alpha value is -0.900. The van der Waals surface area contributed by atoms with Crippen molar-refractivity contribution in [1.82, 2.24) is 4.98 Å². The minimum absolute atomic E-state index is 1.04. The Balaban J connectivity index is 2.90. The smallest absolute Gasteiger partial charge is 0.0342 e. The highest BCUT2D eigenvalue weighted by molar-refractivity contribution is 14.1. The molecule has 0 spiro atoms. The fourth-order valence-corrected chi connectivity index (χ4v) is 1.80. The standard InChI is InChI=1S/C13H14IN/c1-10(8-12(3)14)7-11(2)13-5-4-6-15-9-13/h4-9H,3H2,1-2H3/b10-8+,11-7+. The summed E-state index contributed by atoms with van der Waals surface area (Å²) in [4.78, 5) is 4.09. The van der Waals surface area contributed by atoms with Crippen molar-refractivity contribution >= 4 is 28.2 Å². The van der Waals surface area contributed by atoms with Crippen LogP contribution in [0.5, 0.6) is 0 Å². The molecule has 0 bridgehead atoms. The lowest BCUT2D eigenvalue weighted by atomic mass is 10.1. The summed E-state index contributed by atoms with van der Waals surface area (Å²) in [6.45, 7) is 8.00. The highest BCUT2D eigenvalue weighted by atomic mass is 127. The van der Waals surface area contributed by atoms with Crippen LogP contribution in [0.4, 0.5) is 0 Å². The van der Waals surface area contributed by atoms with E-state index in [0.29, 0.717) is 0 Å². The van der Waals surface area contributed by atoms with Crippen LogP contribution in [0.1, 0.15) is 19.4 Å². The van der Waals surface area contributed by atoms with E-state index in [4.69, 9.17) is 0 Å². The molecule has 1 rings (SSSR count). The Morgan fingerprint density at radius 3 is 2.67 bits per heavy atom. The van der Waals surface area contributed by atoms with Crippen molar-refractivity contribution in [3.8, 4) is 0 Å². The van der Waals surface area contributed by atoms with E-state index in [0.717, 1.165) is 9.14 Å². The van der Waals surface area contributed by atoms with Gasteiger partial charge in [0.15, 0.2) is 0 Å². The van der Waals surface area contributed by atoms with E-state index >= 15 is 0 Å². The topological polar surface area (TPSA) is 12.9 Å². The average molecular weight is 311 g/mol. The van der Waals surface area contributed by atoms with Crippen LogP contribution in [-0.4, -0.2) is 4.98 Å². The van der Waals surface area contributed by atoms with E-state index in [9.17, 15) is 0 Å². The fourth-order valence-electron chi connectivity index (χ4n) is 1.31. The first-order valence-corrected chi connectivity index (χ1v) is 5.79.